The van der Waals surface area contributed by atoms with Crippen molar-refractivity contribution in [3.05, 3.63) is 382 Å². The Hall–Kier alpha value is -17.0. The number of thiophene rings is 2. The first-order valence-electron chi connectivity index (χ1n) is 43.0. The minimum atomic E-state index is 0.543. The first-order valence-corrected chi connectivity index (χ1v) is 44.7. The Kier molecular flexibility index (Phi) is 15.4. The summed E-state index contributed by atoms with van der Waals surface area (Å²) >= 11 is 3.43. The Morgan fingerprint density at radius 2 is 0.504 bits per heavy atom. The molecule has 129 heavy (non-hydrogen) atoms. The fourth-order valence-electron chi connectivity index (χ4n) is 20.2. The third-order valence-corrected chi connectivity index (χ3v) is 28.0. The molecule has 12 aromatic heterocycles. The van der Waals surface area contributed by atoms with Crippen LogP contribution in [0.1, 0.15) is 0 Å². The van der Waals surface area contributed by atoms with Gasteiger partial charge in [-0.1, -0.05) is 273 Å². The molecule has 0 spiro atoms. The van der Waals surface area contributed by atoms with Gasteiger partial charge in [-0.2, -0.15) is 4.98 Å². The second-order valence-corrected chi connectivity index (χ2v) is 35.1. The molecule has 0 N–H and O–H groups in total. The van der Waals surface area contributed by atoms with Gasteiger partial charge in [0.1, 0.15) is 48.7 Å². The predicted octanol–water partition coefficient (Wildman–Crippen LogP) is 31.5. The minimum Gasteiger partial charge on any atom is -0.456 e. The lowest BCUT2D eigenvalue weighted by molar-refractivity contribution is 0.651. The summed E-state index contributed by atoms with van der Waals surface area (Å²) in [5.41, 5.74) is 18.4. The zero-order valence-corrected chi connectivity index (χ0v) is 70.0. The third kappa shape index (κ3) is 10.8. The first kappa shape index (κ1) is 71.4. The molecule has 30 rings (SSSR count). The number of furan rings is 4. The second-order valence-electron chi connectivity index (χ2n) is 33.0. The summed E-state index contributed by atoms with van der Waals surface area (Å²) in [5, 5.41) is 27.0. The lowest BCUT2D eigenvalue weighted by Gasteiger charge is -2.11. The van der Waals surface area contributed by atoms with Crippen LogP contribution in [-0.4, -0.2) is 43.6 Å². The first-order chi connectivity index (χ1) is 63.9. The average molecular weight is 1690 g/mol. The van der Waals surface area contributed by atoms with Crippen LogP contribution in [0, 0.1) is 0 Å². The zero-order chi connectivity index (χ0) is 84.2. The van der Waals surface area contributed by atoms with E-state index in [0.717, 1.165) is 191 Å². The summed E-state index contributed by atoms with van der Waals surface area (Å²) in [4.78, 5) is 33.9. The summed E-state index contributed by atoms with van der Waals surface area (Å²) in [7, 11) is 0. The van der Waals surface area contributed by atoms with Gasteiger partial charge in [-0.05, 0) is 142 Å². The fraction of sp³-hybridized carbons (Fsp3) is 0. The molecule has 0 saturated carbocycles. The molecule has 18 aromatic carbocycles. The average Bonchev–Trinajstić information content (AvgIpc) is 1.57. The number of benzene rings is 18. The van der Waals surface area contributed by atoms with Crippen molar-refractivity contribution in [1.82, 2.24) is 43.6 Å². The lowest BCUT2D eigenvalue weighted by Crippen LogP contribution is -2.03. The van der Waals surface area contributed by atoms with Crippen molar-refractivity contribution < 1.29 is 17.7 Å². The van der Waals surface area contributed by atoms with E-state index in [0.29, 0.717) is 23.6 Å². The van der Waals surface area contributed by atoms with Gasteiger partial charge in [-0.25, -0.2) is 24.9 Å². The summed E-state index contributed by atoms with van der Waals surface area (Å²) in [6.07, 6.45) is 0. The van der Waals surface area contributed by atoms with Crippen LogP contribution >= 0.6 is 22.7 Å². The Balaban J connectivity index is 0.0000000976. The van der Waals surface area contributed by atoms with Crippen molar-refractivity contribution in [2.75, 3.05) is 0 Å². The number of hydrogen-bond acceptors (Lipinski definition) is 12. The van der Waals surface area contributed by atoms with E-state index in [1.54, 1.807) is 22.7 Å². The van der Waals surface area contributed by atoms with Crippen LogP contribution in [0.25, 0.3) is 278 Å². The summed E-state index contributed by atoms with van der Waals surface area (Å²) in [6.45, 7) is 0. The second kappa shape index (κ2) is 27.8. The van der Waals surface area contributed by atoms with Gasteiger partial charge in [0.05, 0.1) is 55.6 Å². The Bertz CT molecular complexity index is 9660. The molecule has 0 unspecified atom stereocenters. The van der Waals surface area contributed by atoms with Crippen molar-refractivity contribution in [3.63, 3.8) is 0 Å². The van der Waals surface area contributed by atoms with Gasteiger partial charge in [0, 0.05) is 118 Å². The molecule has 0 amide bonds. The van der Waals surface area contributed by atoms with E-state index < -0.39 is 0 Å². The molecule has 600 valence electrons. The minimum absolute atomic E-state index is 0.543. The molecule has 0 aliphatic rings. The third-order valence-electron chi connectivity index (χ3n) is 25.9. The largest absolute Gasteiger partial charge is 0.456 e. The van der Waals surface area contributed by atoms with Crippen molar-refractivity contribution >= 4 is 249 Å². The van der Waals surface area contributed by atoms with Gasteiger partial charge in [-0.15, -0.1) is 22.7 Å². The van der Waals surface area contributed by atoms with Gasteiger partial charge in [-0.3, -0.25) is 13.7 Å². The standard InChI is InChI=1S/C38H21N3O2.2C38H21N3OS/c2*1-2-11-23-21-31-29(20-22(23)10-1)24-12-3-6-17-30(24)41(31)38-39-35(34-27-14-5-8-19-33(27)43-37(34)40-38)28-16-9-15-26-25-13-4-7-18-32(25)42-36(26)28;1-2-11-23-21-30-28(20-22(23)10-1)24-12-3-6-16-29(24)41(30)38-39-36(35-26-14-5-8-19-33(26)43-37(35)40-38)27-15-9-18-32-34(27)25-13-4-7-17-31(25)42-32/h3*1-21H. The fourth-order valence-corrected chi connectivity index (χ4v) is 22.3. The van der Waals surface area contributed by atoms with Gasteiger partial charge >= 0.3 is 0 Å². The van der Waals surface area contributed by atoms with E-state index >= 15 is 0 Å². The number of para-hydroxylation sites is 9. The van der Waals surface area contributed by atoms with Crippen LogP contribution < -0.4 is 0 Å². The van der Waals surface area contributed by atoms with Crippen molar-refractivity contribution in [2.24, 2.45) is 0 Å². The highest BCUT2D eigenvalue weighted by atomic mass is 32.1. The number of hydrogen-bond donors (Lipinski definition) is 0. The number of fused-ring (bicyclic) bond motifs is 30. The van der Waals surface area contributed by atoms with E-state index in [1.165, 1.54) is 63.3 Å². The molecule has 13 nitrogen and oxygen atoms in total. The van der Waals surface area contributed by atoms with Crippen molar-refractivity contribution in [1.29, 1.82) is 0 Å². The van der Waals surface area contributed by atoms with E-state index in [4.69, 9.17) is 47.6 Å². The van der Waals surface area contributed by atoms with Gasteiger partial charge in [0.15, 0.2) is 0 Å². The molecule has 0 bridgehead atoms. The number of aromatic nitrogens is 9. The maximum absolute atomic E-state index is 6.53. The topological polar surface area (TPSA) is 145 Å². The smallest absolute Gasteiger partial charge is 0.238 e. The van der Waals surface area contributed by atoms with E-state index in [9.17, 15) is 0 Å². The molecule has 0 radical (unpaired) electrons. The molecule has 12 heterocycles. The maximum Gasteiger partial charge on any atom is 0.238 e. The van der Waals surface area contributed by atoms with Crippen molar-refractivity contribution in [3.8, 4) is 51.6 Å². The van der Waals surface area contributed by atoms with Crippen LogP contribution in [0.3, 0.4) is 0 Å². The quantitative estimate of drug-likeness (QED) is 0.158. The molecule has 15 heteroatoms. The van der Waals surface area contributed by atoms with Crippen LogP contribution in [0.2, 0.25) is 0 Å². The lowest BCUT2D eigenvalue weighted by atomic mass is 10.0. The molecule has 0 aliphatic carbocycles. The number of nitrogens with zero attached hydrogens (tertiary/aromatic N) is 9. The highest BCUT2D eigenvalue weighted by Gasteiger charge is 2.29. The zero-order valence-electron chi connectivity index (χ0n) is 68.3. The summed E-state index contributed by atoms with van der Waals surface area (Å²) < 4.78 is 34.8. The summed E-state index contributed by atoms with van der Waals surface area (Å²) in [5.74, 6) is 1.88. The monoisotopic (exact) mass is 1690 g/mol. The molecule has 0 atom stereocenters. The molecule has 30 aromatic rings. The van der Waals surface area contributed by atoms with Crippen LogP contribution in [0.15, 0.2) is 400 Å². The highest BCUT2D eigenvalue weighted by Crippen LogP contribution is 2.49. The van der Waals surface area contributed by atoms with Crippen LogP contribution in [0.5, 0.6) is 0 Å². The SMILES string of the molecule is c1ccc2cc3c(cc2c1)c1ccccc1n3-c1nc(-c2cccc3c2oc2ccccc23)c2c(n1)oc1ccccc12.c1ccc2cc3c(cc2c1)c1ccccc1n3-c1nc(-c2cccc3c2oc2ccccc23)c2c(n1)sc1ccccc12.c1ccc2cc3c(cc2c1)c1ccccc1n3-c1nc(-c2cccc3oc4ccccc4c23)c2c(n1)sc1ccccc12. The normalized spacial score (nSPS) is 12.2. The van der Waals surface area contributed by atoms with Gasteiger partial charge in [0.2, 0.25) is 23.6 Å². The maximum atomic E-state index is 6.53. The van der Waals surface area contributed by atoms with Gasteiger partial charge in [0.25, 0.3) is 0 Å². The molecular weight excluding hydrogens is 1620 g/mol. The Morgan fingerprint density at radius 3 is 0.953 bits per heavy atom. The van der Waals surface area contributed by atoms with Crippen LogP contribution in [-0.2, 0) is 0 Å². The molecule has 0 fully saturated rings. The molecule has 0 aliphatic heterocycles. The van der Waals surface area contributed by atoms with E-state index in [1.807, 2.05) is 66.7 Å². The van der Waals surface area contributed by atoms with Crippen molar-refractivity contribution in [2.45, 2.75) is 0 Å². The Morgan fingerprint density at radius 1 is 0.194 bits per heavy atom. The highest BCUT2D eigenvalue weighted by molar-refractivity contribution is 7.26. The summed E-state index contributed by atoms with van der Waals surface area (Å²) in [6, 6.07) is 133. The van der Waals surface area contributed by atoms with Gasteiger partial charge < -0.3 is 17.7 Å². The Labute approximate surface area is 738 Å². The predicted molar refractivity (Wildman–Crippen MR) is 533 cm³/mol. The van der Waals surface area contributed by atoms with E-state index in [-0.39, 0.29) is 0 Å². The number of rotatable bonds is 6. The van der Waals surface area contributed by atoms with E-state index in [2.05, 4.69) is 329 Å². The molecule has 0 saturated heterocycles. The molecular formula is C114H63N9O4S2. The van der Waals surface area contributed by atoms with Crippen LogP contribution in [0.4, 0.5) is 0 Å².